The van der Waals surface area contributed by atoms with Crippen LogP contribution < -0.4 is 5.32 Å². The fourth-order valence-corrected chi connectivity index (χ4v) is 2.15. The molecule has 5 heteroatoms. The minimum Gasteiger partial charge on any atom is -0.391 e. The number of piperidine rings is 1. The van der Waals surface area contributed by atoms with Gasteiger partial charge in [-0.2, -0.15) is 0 Å². The molecule has 1 unspecified atom stereocenters. The van der Waals surface area contributed by atoms with Crippen molar-refractivity contribution in [1.29, 1.82) is 0 Å². The lowest BCUT2D eigenvalue weighted by atomic mass is 10.1. The first-order chi connectivity index (χ1) is 8.92. The van der Waals surface area contributed by atoms with Gasteiger partial charge in [0.1, 0.15) is 6.10 Å². The first kappa shape index (κ1) is 11.2. The summed E-state index contributed by atoms with van der Waals surface area (Å²) in [4.78, 5) is 12.7. The molecule has 0 bridgehead atoms. The molecule has 1 aliphatic heterocycles. The number of oxime groups is 1. The maximum Gasteiger partial charge on any atom is 0.139 e. The number of hydrogen-bond donors (Lipinski definition) is 2. The van der Waals surface area contributed by atoms with Crippen molar-refractivity contribution in [2.45, 2.75) is 18.9 Å². The summed E-state index contributed by atoms with van der Waals surface area (Å²) < 4.78 is 0. The number of fused-ring (bicyclic) bond motifs is 1. The van der Waals surface area contributed by atoms with E-state index in [9.17, 15) is 0 Å². The topological polar surface area (TPSA) is 62.3 Å². The molecule has 0 aromatic carbocycles. The Labute approximate surface area is 105 Å². The van der Waals surface area contributed by atoms with Crippen molar-refractivity contribution in [3.63, 3.8) is 0 Å². The summed E-state index contributed by atoms with van der Waals surface area (Å²) in [5.74, 6) is 0. The van der Waals surface area contributed by atoms with E-state index in [1.54, 1.807) is 18.6 Å². The predicted molar refractivity (Wildman–Crippen MR) is 70.7 cm³/mol. The number of hydrogen-bond acceptors (Lipinski definition) is 4. The summed E-state index contributed by atoms with van der Waals surface area (Å²) in [5, 5.41) is 8.46. The Balaban J connectivity index is 1.64. The second-order valence-electron chi connectivity index (χ2n) is 4.50. The molecule has 0 saturated carbocycles. The van der Waals surface area contributed by atoms with E-state index in [4.69, 9.17) is 4.84 Å². The lowest BCUT2D eigenvalue weighted by Crippen LogP contribution is -2.34. The molecular formula is C13H16N4O. The van der Waals surface area contributed by atoms with E-state index in [0.29, 0.717) is 0 Å². The highest BCUT2D eigenvalue weighted by atomic mass is 16.6. The van der Waals surface area contributed by atoms with Crippen molar-refractivity contribution in [3.8, 4) is 0 Å². The molecule has 0 amide bonds. The molecule has 2 aromatic rings. The van der Waals surface area contributed by atoms with Crippen LogP contribution in [0, 0.1) is 0 Å². The molecule has 1 aliphatic rings. The molecule has 18 heavy (non-hydrogen) atoms. The van der Waals surface area contributed by atoms with Crippen LogP contribution in [0.15, 0.2) is 29.7 Å². The van der Waals surface area contributed by atoms with Gasteiger partial charge >= 0.3 is 0 Å². The van der Waals surface area contributed by atoms with E-state index in [-0.39, 0.29) is 6.10 Å². The fourth-order valence-electron chi connectivity index (χ4n) is 2.15. The number of rotatable bonds is 3. The molecule has 3 heterocycles. The maximum absolute atomic E-state index is 5.45. The number of H-pyrrole nitrogens is 1. The Bertz CT molecular complexity index is 510. The third-order valence-corrected chi connectivity index (χ3v) is 3.10. The average molecular weight is 244 g/mol. The van der Waals surface area contributed by atoms with Crippen LogP contribution in [-0.2, 0) is 4.84 Å². The van der Waals surface area contributed by atoms with Gasteiger partial charge < -0.3 is 15.1 Å². The van der Waals surface area contributed by atoms with Gasteiger partial charge in [0.15, 0.2) is 0 Å². The highest BCUT2D eigenvalue weighted by Gasteiger charge is 2.13. The Morgan fingerprint density at radius 3 is 3.33 bits per heavy atom. The third kappa shape index (κ3) is 2.51. The smallest absolute Gasteiger partial charge is 0.139 e. The van der Waals surface area contributed by atoms with Gasteiger partial charge in [-0.05, 0) is 31.5 Å². The number of aromatic nitrogens is 2. The molecule has 5 nitrogen and oxygen atoms in total. The molecule has 1 atom stereocenters. The van der Waals surface area contributed by atoms with Crippen LogP contribution in [-0.4, -0.2) is 35.4 Å². The van der Waals surface area contributed by atoms with Crippen molar-refractivity contribution in [2.24, 2.45) is 5.16 Å². The highest BCUT2D eigenvalue weighted by Crippen LogP contribution is 2.12. The summed E-state index contributed by atoms with van der Waals surface area (Å²) in [7, 11) is 0. The van der Waals surface area contributed by atoms with E-state index >= 15 is 0 Å². The summed E-state index contributed by atoms with van der Waals surface area (Å²) in [6, 6.07) is 4.00. The Morgan fingerprint density at radius 2 is 2.50 bits per heavy atom. The lowest BCUT2D eigenvalue weighted by Gasteiger charge is -2.20. The first-order valence-corrected chi connectivity index (χ1v) is 6.24. The average Bonchev–Trinajstić information content (AvgIpc) is 2.82. The number of nitrogens with one attached hydrogen (secondary N) is 2. The van der Waals surface area contributed by atoms with Gasteiger partial charge in [0.2, 0.25) is 0 Å². The van der Waals surface area contributed by atoms with E-state index in [2.05, 4.69) is 20.4 Å². The van der Waals surface area contributed by atoms with E-state index in [1.807, 2.05) is 12.1 Å². The van der Waals surface area contributed by atoms with E-state index < -0.39 is 0 Å². The summed E-state index contributed by atoms with van der Waals surface area (Å²) in [5.41, 5.74) is 1.94. The maximum atomic E-state index is 5.45. The molecule has 1 saturated heterocycles. The fraction of sp³-hybridized carbons (Fsp3) is 0.385. The van der Waals surface area contributed by atoms with Gasteiger partial charge in [0.05, 0.1) is 23.6 Å². The number of aromatic amines is 1. The monoisotopic (exact) mass is 244 g/mol. The second-order valence-corrected chi connectivity index (χ2v) is 4.50. The Kier molecular flexibility index (Phi) is 3.23. The van der Waals surface area contributed by atoms with Gasteiger partial charge in [0, 0.05) is 18.1 Å². The second kappa shape index (κ2) is 5.18. The predicted octanol–water partition coefficient (Wildman–Crippen LogP) is 1.67. The Hall–Kier alpha value is -1.88. The molecule has 2 aromatic heterocycles. The van der Waals surface area contributed by atoms with Gasteiger partial charge in [-0.15, -0.1) is 0 Å². The van der Waals surface area contributed by atoms with Crippen LogP contribution in [0.2, 0.25) is 0 Å². The van der Waals surface area contributed by atoms with Gasteiger partial charge in [-0.3, -0.25) is 4.98 Å². The normalized spacial score (nSPS) is 20.6. The minimum atomic E-state index is 0.195. The molecule has 2 N–H and O–H groups in total. The van der Waals surface area contributed by atoms with Gasteiger partial charge in [0.25, 0.3) is 0 Å². The zero-order valence-corrected chi connectivity index (χ0v) is 10.1. The van der Waals surface area contributed by atoms with Crippen molar-refractivity contribution in [3.05, 3.63) is 30.2 Å². The van der Waals surface area contributed by atoms with Crippen LogP contribution in [0.4, 0.5) is 0 Å². The molecular weight excluding hydrogens is 228 g/mol. The highest BCUT2D eigenvalue weighted by molar-refractivity contribution is 5.88. The number of pyridine rings is 1. The largest absolute Gasteiger partial charge is 0.391 e. The molecule has 0 aliphatic carbocycles. The van der Waals surface area contributed by atoms with Crippen LogP contribution in [0.1, 0.15) is 18.5 Å². The first-order valence-electron chi connectivity index (χ1n) is 6.24. The molecule has 3 rings (SSSR count). The zero-order valence-electron chi connectivity index (χ0n) is 10.1. The molecule has 1 fully saturated rings. The van der Waals surface area contributed by atoms with Crippen LogP contribution in [0.5, 0.6) is 0 Å². The van der Waals surface area contributed by atoms with Crippen LogP contribution in [0.25, 0.3) is 10.9 Å². The van der Waals surface area contributed by atoms with Crippen LogP contribution >= 0.6 is 0 Å². The molecule has 0 spiro atoms. The van der Waals surface area contributed by atoms with Crippen molar-refractivity contribution < 1.29 is 4.84 Å². The SMILES string of the molecule is C(=N\OC1CCCNC1)/c1cc2ccncc2[nH]1. The standard InChI is InChI=1S/C13H16N4O/c1-2-12(8-14-4-1)18-16-7-11-6-10-3-5-15-9-13(10)17-11/h3,5-7,9,12,14,17H,1-2,4,8H2/b16-7+. The zero-order chi connectivity index (χ0) is 12.2. The van der Waals surface area contributed by atoms with E-state index in [0.717, 1.165) is 42.5 Å². The lowest BCUT2D eigenvalue weighted by molar-refractivity contribution is 0.0429. The summed E-state index contributed by atoms with van der Waals surface area (Å²) in [6.07, 6.45) is 7.72. The summed E-state index contributed by atoms with van der Waals surface area (Å²) >= 11 is 0. The molecule has 0 radical (unpaired) electrons. The minimum absolute atomic E-state index is 0.195. The van der Waals surface area contributed by atoms with E-state index in [1.165, 1.54) is 0 Å². The van der Waals surface area contributed by atoms with Gasteiger partial charge in [-0.25, -0.2) is 0 Å². The van der Waals surface area contributed by atoms with Crippen LogP contribution in [0.3, 0.4) is 0 Å². The van der Waals surface area contributed by atoms with Crippen molar-refractivity contribution in [2.75, 3.05) is 13.1 Å². The quantitative estimate of drug-likeness (QED) is 0.637. The molecule has 94 valence electrons. The third-order valence-electron chi connectivity index (χ3n) is 3.10. The number of nitrogens with zero attached hydrogens (tertiary/aromatic N) is 2. The van der Waals surface area contributed by atoms with Crippen molar-refractivity contribution in [1.82, 2.24) is 15.3 Å². The summed E-state index contributed by atoms with van der Waals surface area (Å²) in [6.45, 7) is 1.96. The Morgan fingerprint density at radius 1 is 1.50 bits per heavy atom. The van der Waals surface area contributed by atoms with Gasteiger partial charge in [-0.1, -0.05) is 5.16 Å². The van der Waals surface area contributed by atoms with Crippen molar-refractivity contribution >= 4 is 17.1 Å².